The summed E-state index contributed by atoms with van der Waals surface area (Å²) in [5.41, 5.74) is 5.87. The zero-order valence-electron chi connectivity index (χ0n) is 72.1. The first kappa shape index (κ1) is 101. The van der Waals surface area contributed by atoms with E-state index in [1.807, 2.05) is 17.9 Å². The van der Waals surface area contributed by atoms with Crippen molar-refractivity contribution in [2.24, 2.45) is 0 Å². The quantitative estimate of drug-likeness (QED) is 0.0117. The van der Waals surface area contributed by atoms with Crippen LogP contribution in [0.3, 0.4) is 0 Å². The number of rotatable bonds is 67. The van der Waals surface area contributed by atoms with Gasteiger partial charge in [-0.2, -0.15) is 0 Å². The average molecular weight is 1760 g/mol. The fraction of sp³-hybridized carbons (Fsp3) is 0.616. The standard InChI is InChI=1S/C86H123N11O28/c1-5-86(110)65-50-70-81-64(55-96(70)54-63(65)84(108)125-85(86)109)80-66(19-18-62-60(3)59(2)48-68(95-81)79(62)80)92-76(103)57-124-58-91-73(100)52-90-83(107)69(49-61-14-8-6-9-15-61)94-74(101)53-88-72(99)51-89-82(106)67(93-71(98)17-10-7-13-23-97-77(104)20-21-78(97)105)16-11-12-22-87-75(102)56-123-47-46-122-45-44-121-43-42-120-41-40-119-39-38-118-37-36-117-35-34-116-33-32-115-31-30-114-29-28-113-27-26-112-25-24-111-4/h6,8-9,14-15,20-21,48,50,66-67,69,110H,5,7,10-13,16-19,22-47,49,51-58H2,1-4H3,(H,87,102)(H,88,99)(H,89,106)(H,90,107)(H,91,100)(H,92,103)(H,93,98)(H,94,101)/t66-,67-,69-,86-/m0/s1. The van der Waals surface area contributed by atoms with Gasteiger partial charge in [-0.25, -0.2) is 14.6 Å². The Labute approximate surface area is 727 Å². The fourth-order valence-electron chi connectivity index (χ4n) is 14.0. The van der Waals surface area contributed by atoms with Crippen molar-refractivity contribution in [1.82, 2.24) is 57.3 Å². The number of aryl methyl sites for hydroxylation is 2. The van der Waals surface area contributed by atoms with Crippen molar-refractivity contribution < 1.29 is 134 Å². The van der Waals surface area contributed by atoms with Gasteiger partial charge in [0.05, 0.1) is 213 Å². The molecule has 5 heterocycles. The number of amides is 10. The fourth-order valence-corrected chi connectivity index (χ4v) is 14.0. The molecule has 0 unspecified atom stereocenters. The first-order valence-corrected chi connectivity index (χ1v) is 42.6. The van der Waals surface area contributed by atoms with Crippen LogP contribution in [0.5, 0.6) is 0 Å². The highest BCUT2D eigenvalue weighted by Gasteiger charge is 2.51. The lowest BCUT2D eigenvalue weighted by molar-refractivity contribution is -0.172. The minimum atomic E-state index is -2.02. The van der Waals surface area contributed by atoms with Crippen molar-refractivity contribution in [3.8, 4) is 0 Å². The number of cyclic esters (lactones) is 2. The van der Waals surface area contributed by atoms with Gasteiger partial charge in [0.1, 0.15) is 32.0 Å². The Morgan fingerprint density at radius 2 is 1.07 bits per heavy atom. The minimum Gasteiger partial charge on any atom is -0.387 e. The normalized spacial score (nSPS) is 16.1. The summed E-state index contributed by atoms with van der Waals surface area (Å²) in [7, 11) is 1.63. The molecule has 125 heavy (non-hydrogen) atoms. The number of aliphatic hydroxyl groups is 1. The summed E-state index contributed by atoms with van der Waals surface area (Å²) in [4.78, 5) is 165. The Balaban J connectivity index is 0.656. The molecule has 3 aromatic rings. The molecule has 5 aliphatic rings. The predicted molar refractivity (Wildman–Crippen MR) is 447 cm³/mol. The van der Waals surface area contributed by atoms with Crippen LogP contribution in [0.2, 0.25) is 0 Å². The molecular weight excluding hydrogens is 1630 g/mol. The average Bonchev–Trinajstić information content (AvgIpc) is 1.60. The van der Waals surface area contributed by atoms with Gasteiger partial charge in [-0.1, -0.05) is 43.7 Å². The molecule has 2 aromatic carbocycles. The third-order valence-corrected chi connectivity index (χ3v) is 20.7. The summed E-state index contributed by atoms with van der Waals surface area (Å²) < 4.78 is 81.3. The molecule has 4 atom stereocenters. The number of hydrogen-bond donors (Lipinski definition) is 9. The number of methoxy groups -OCH3 is 1. The number of ether oxygens (including phenoxy) is 15. The van der Waals surface area contributed by atoms with Crippen LogP contribution in [0.15, 0.2) is 65.8 Å². The van der Waals surface area contributed by atoms with Crippen molar-refractivity contribution in [2.45, 2.75) is 122 Å². The second kappa shape index (κ2) is 56.4. The van der Waals surface area contributed by atoms with Crippen LogP contribution in [0.4, 0.5) is 0 Å². The van der Waals surface area contributed by atoms with Crippen LogP contribution in [0.25, 0.3) is 16.6 Å². The highest BCUT2D eigenvalue weighted by molar-refractivity contribution is 6.13. The number of fused-ring (bicyclic) bond motifs is 4. The molecule has 0 radical (unpaired) electrons. The van der Waals surface area contributed by atoms with E-state index >= 15 is 0 Å². The van der Waals surface area contributed by atoms with Gasteiger partial charge >= 0.3 is 11.9 Å². The van der Waals surface area contributed by atoms with Crippen LogP contribution in [0, 0.1) is 13.8 Å². The summed E-state index contributed by atoms with van der Waals surface area (Å²) in [6, 6.07) is 7.85. The summed E-state index contributed by atoms with van der Waals surface area (Å²) >= 11 is 0. The van der Waals surface area contributed by atoms with Crippen molar-refractivity contribution in [2.75, 3.05) is 225 Å². The maximum absolute atomic E-state index is 13.7. The van der Waals surface area contributed by atoms with Gasteiger partial charge in [-0.3, -0.25) is 52.8 Å². The van der Waals surface area contributed by atoms with E-state index < -0.39 is 122 Å². The Morgan fingerprint density at radius 1 is 0.552 bits per heavy atom. The first-order valence-electron chi connectivity index (χ1n) is 42.6. The third-order valence-electron chi connectivity index (χ3n) is 20.7. The smallest absolute Gasteiger partial charge is 0.350 e. The maximum Gasteiger partial charge on any atom is 0.350 e. The number of imide groups is 1. The lowest BCUT2D eigenvalue weighted by Gasteiger charge is -2.36. The van der Waals surface area contributed by atoms with E-state index in [0.29, 0.717) is 219 Å². The Bertz CT molecular complexity index is 4110. The Hall–Kier alpha value is -9.69. The van der Waals surface area contributed by atoms with Gasteiger partial charge in [0.2, 0.25) is 47.3 Å². The van der Waals surface area contributed by atoms with Crippen LogP contribution < -0.4 is 42.5 Å². The number of aromatic nitrogens is 1. The Morgan fingerprint density at radius 3 is 1.63 bits per heavy atom. The SMILES string of the molecule is CC[C@@]1(O)C(=O)OC(=O)C2=C1C=C1c3nc4cc(C)c(C)c5c4c(c3CN1C2)[C@@H](NC(=O)COCNC(=O)CNC(=O)[C@H](Cc1ccccc1)NC(=O)CNC(=O)CNC(=O)[C@H](CCCCNC(=O)COCCOCCOCCOCCOCCOCCOCCOCCOCCOCCOCCOCCOC)NC(=O)CCCCCN1C(=O)C=CC1=O)CC5. The van der Waals surface area contributed by atoms with Gasteiger partial charge in [0.15, 0.2) is 5.60 Å². The maximum atomic E-state index is 13.7. The molecule has 1 aromatic heterocycles. The molecule has 1 aliphatic carbocycles. The van der Waals surface area contributed by atoms with Crippen LogP contribution >= 0.6 is 0 Å². The van der Waals surface area contributed by atoms with Gasteiger partial charge in [0, 0.05) is 68.3 Å². The van der Waals surface area contributed by atoms with E-state index in [1.165, 1.54) is 12.2 Å². The molecule has 690 valence electrons. The lowest BCUT2D eigenvalue weighted by Crippen LogP contribution is -2.53. The van der Waals surface area contributed by atoms with E-state index in [0.717, 1.165) is 38.1 Å². The van der Waals surface area contributed by atoms with E-state index in [9.17, 15) is 62.6 Å². The number of unbranched alkanes of at least 4 members (excludes halogenated alkanes) is 3. The molecule has 0 saturated heterocycles. The van der Waals surface area contributed by atoms with Gasteiger partial charge < -0.3 is 124 Å². The summed E-state index contributed by atoms with van der Waals surface area (Å²) in [6.45, 7) is 13.8. The second-order valence-electron chi connectivity index (χ2n) is 29.7. The van der Waals surface area contributed by atoms with Gasteiger partial charge in [-0.15, -0.1) is 0 Å². The highest BCUT2D eigenvalue weighted by Crippen LogP contribution is 2.48. The number of nitrogens with zero attached hydrogens (tertiary/aromatic N) is 3. The van der Waals surface area contributed by atoms with Gasteiger partial charge in [-0.05, 0) is 105 Å². The number of nitrogens with one attached hydrogen (secondary N) is 8. The van der Waals surface area contributed by atoms with E-state index in [1.54, 1.807) is 50.4 Å². The summed E-state index contributed by atoms with van der Waals surface area (Å²) in [5.74, 6) is -7.69. The molecule has 0 bridgehead atoms. The van der Waals surface area contributed by atoms with Crippen molar-refractivity contribution in [1.29, 1.82) is 0 Å². The number of hydrogen-bond acceptors (Lipinski definition) is 30. The number of carbonyl (C=O) groups excluding carboxylic acids is 12. The molecular formula is C86H123N11O28. The van der Waals surface area contributed by atoms with Crippen LogP contribution in [-0.4, -0.2) is 333 Å². The zero-order chi connectivity index (χ0) is 89.4. The molecule has 0 fully saturated rings. The molecule has 10 amide bonds. The van der Waals surface area contributed by atoms with E-state index in [2.05, 4.69) is 49.5 Å². The molecule has 8 rings (SSSR count). The highest BCUT2D eigenvalue weighted by atomic mass is 16.6. The Kier molecular flexibility index (Phi) is 45.4. The van der Waals surface area contributed by atoms with Crippen molar-refractivity contribution >= 4 is 87.6 Å². The van der Waals surface area contributed by atoms with Crippen LogP contribution in [-0.2, 0) is 148 Å². The lowest BCUT2D eigenvalue weighted by atomic mass is 9.80. The zero-order valence-corrected chi connectivity index (χ0v) is 72.1. The molecule has 0 saturated carbocycles. The predicted octanol–water partition coefficient (Wildman–Crippen LogP) is -0.0850. The second-order valence-corrected chi connectivity index (χ2v) is 29.7. The summed E-state index contributed by atoms with van der Waals surface area (Å²) in [6.07, 6.45) is 7.36. The monoisotopic (exact) mass is 1760 g/mol. The molecule has 4 aliphatic heterocycles. The molecule has 39 heteroatoms. The molecule has 39 nitrogen and oxygen atoms in total. The number of esters is 2. The number of pyridine rings is 1. The minimum absolute atomic E-state index is 0.0114. The third kappa shape index (κ3) is 34.5. The van der Waals surface area contributed by atoms with Crippen LogP contribution in [0.1, 0.15) is 110 Å². The number of benzene rings is 2. The molecule has 0 spiro atoms. The topological polar surface area (TPSA) is 479 Å². The summed E-state index contributed by atoms with van der Waals surface area (Å²) in [5, 5.41) is 33.5. The largest absolute Gasteiger partial charge is 0.387 e. The number of carbonyl (C=O) groups is 12. The molecule has 9 N–H and O–H groups in total. The van der Waals surface area contributed by atoms with E-state index in [-0.39, 0.29) is 82.2 Å². The van der Waals surface area contributed by atoms with Gasteiger partial charge in [0.25, 0.3) is 11.8 Å². The van der Waals surface area contributed by atoms with Crippen molar-refractivity contribution in [3.63, 3.8) is 0 Å². The first-order chi connectivity index (χ1) is 60.7. The van der Waals surface area contributed by atoms with Crippen molar-refractivity contribution in [3.05, 3.63) is 105 Å². The van der Waals surface area contributed by atoms with E-state index in [4.69, 9.17) is 76.0 Å².